The van der Waals surface area contributed by atoms with Crippen molar-refractivity contribution in [3.05, 3.63) is 47.8 Å². The Balaban J connectivity index is 1.57. The zero-order valence-electron chi connectivity index (χ0n) is 14.4. The van der Waals surface area contributed by atoms with Gasteiger partial charge in [0.05, 0.1) is 13.0 Å². The Morgan fingerprint density at radius 1 is 1.35 bits per heavy atom. The maximum atomic E-state index is 11.8. The van der Waals surface area contributed by atoms with Crippen LogP contribution >= 0.6 is 0 Å². The molecular weight excluding hydrogens is 336 g/mol. The lowest BCUT2D eigenvalue weighted by molar-refractivity contribution is -0.141. The quantitative estimate of drug-likeness (QED) is 0.879. The van der Waals surface area contributed by atoms with Gasteiger partial charge in [0, 0.05) is 49.6 Å². The molecule has 0 saturated carbocycles. The van der Waals surface area contributed by atoms with Gasteiger partial charge in [-0.15, -0.1) is 0 Å². The Hall–Kier alpha value is -2.80. The number of ether oxygens (including phenoxy) is 3. The van der Waals surface area contributed by atoms with E-state index < -0.39 is 11.9 Å². The van der Waals surface area contributed by atoms with Gasteiger partial charge >= 0.3 is 5.97 Å². The van der Waals surface area contributed by atoms with Gasteiger partial charge in [-0.3, -0.25) is 14.7 Å². The molecule has 0 unspecified atom stereocenters. The maximum Gasteiger partial charge on any atom is 0.308 e. The minimum absolute atomic E-state index is 0.0822. The molecule has 2 atom stereocenters. The Morgan fingerprint density at radius 3 is 2.85 bits per heavy atom. The van der Waals surface area contributed by atoms with E-state index in [9.17, 15) is 9.90 Å². The lowest BCUT2D eigenvalue weighted by Crippen LogP contribution is -2.23. The van der Waals surface area contributed by atoms with Gasteiger partial charge in [-0.1, -0.05) is 6.07 Å². The highest BCUT2D eigenvalue weighted by Gasteiger charge is 2.39. The average Bonchev–Trinajstić information content (AvgIpc) is 3.28. The smallest absolute Gasteiger partial charge is 0.308 e. The number of benzene rings is 1. The predicted octanol–water partition coefficient (Wildman–Crippen LogP) is 2.12. The van der Waals surface area contributed by atoms with Gasteiger partial charge < -0.3 is 19.3 Å². The van der Waals surface area contributed by atoms with E-state index in [1.54, 1.807) is 19.5 Å². The summed E-state index contributed by atoms with van der Waals surface area (Å²) in [6.45, 7) is 1.92. The van der Waals surface area contributed by atoms with Gasteiger partial charge in [-0.2, -0.15) is 0 Å². The number of hydrogen-bond donors (Lipinski definition) is 1. The number of carboxylic acids is 1. The van der Waals surface area contributed by atoms with Crippen molar-refractivity contribution in [1.82, 2.24) is 9.88 Å². The number of hydrogen-bond acceptors (Lipinski definition) is 6. The molecule has 1 N–H and O–H groups in total. The third-order valence-electron chi connectivity index (χ3n) is 4.99. The molecule has 1 aromatic heterocycles. The Kier molecular flexibility index (Phi) is 4.38. The fourth-order valence-corrected chi connectivity index (χ4v) is 3.72. The van der Waals surface area contributed by atoms with E-state index in [0.717, 1.165) is 11.1 Å². The summed E-state index contributed by atoms with van der Waals surface area (Å²) in [7, 11) is 1.61. The van der Waals surface area contributed by atoms with Crippen molar-refractivity contribution in [1.29, 1.82) is 0 Å². The molecule has 0 aliphatic carbocycles. The second kappa shape index (κ2) is 6.84. The number of pyridine rings is 1. The molecule has 1 aromatic carbocycles. The van der Waals surface area contributed by atoms with Crippen molar-refractivity contribution < 1.29 is 24.1 Å². The molecule has 136 valence electrons. The molecule has 7 nitrogen and oxygen atoms in total. The van der Waals surface area contributed by atoms with Gasteiger partial charge in [0.25, 0.3) is 0 Å². The first-order valence-electron chi connectivity index (χ1n) is 8.47. The van der Waals surface area contributed by atoms with Crippen LogP contribution in [0.4, 0.5) is 0 Å². The minimum atomic E-state index is -0.779. The number of aliphatic carboxylic acids is 1. The molecule has 1 fully saturated rings. The molecule has 3 heterocycles. The molecule has 2 aromatic rings. The van der Waals surface area contributed by atoms with Crippen LogP contribution in [-0.4, -0.2) is 48.0 Å². The van der Waals surface area contributed by atoms with Crippen LogP contribution in [0.3, 0.4) is 0 Å². The number of fused-ring (bicyclic) bond motifs is 1. The number of rotatable bonds is 5. The molecule has 2 aliphatic rings. The van der Waals surface area contributed by atoms with Crippen LogP contribution in [0.1, 0.15) is 17.0 Å². The topological polar surface area (TPSA) is 81.1 Å². The van der Waals surface area contributed by atoms with Crippen LogP contribution in [-0.2, 0) is 11.3 Å². The number of likely N-dealkylation sites (tertiary alicyclic amines) is 1. The second-order valence-electron chi connectivity index (χ2n) is 6.55. The summed E-state index contributed by atoms with van der Waals surface area (Å²) in [6, 6.07) is 7.52. The van der Waals surface area contributed by atoms with E-state index in [2.05, 4.69) is 9.88 Å². The van der Waals surface area contributed by atoms with Crippen LogP contribution < -0.4 is 14.2 Å². The standard InChI is InChI=1S/C19H20N2O5/c1-24-16-6-18-17(25-11-26-18)5-13(16)8-21-9-14(15(10-21)19(22)23)12-3-2-4-20-7-12/h2-7,14-15H,8-11H2,1H3,(H,22,23)/t14-,15+/m1/s1. The highest BCUT2D eigenvalue weighted by Crippen LogP contribution is 2.40. The van der Waals surface area contributed by atoms with Crippen LogP contribution in [0.25, 0.3) is 0 Å². The minimum Gasteiger partial charge on any atom is -0.496 e. The highest BCUT2D eigenvalue weighted by molar-refractivity contribution is 5.72. The first-order valence-corrected chi connectivity index (χ1v) is 8.47. The third kappa shape index (κ3) is 3.06. The summed E-state index contributed by atoms with van der Waals surface area (Å²) in [6.07, 6.45) is 3.45. The lowest BCUT2D eigenvalue weighted by Gasteiger charge is -2.18. The predicted molar refractivity (Wildman–Crippen MR) is 92.5 cm³/mol. The van der Waals surface area contributed by atoms with Crippen LogP contribution in [0, 0.1) is 5.92 Å². The van der Waals surface area contributed by atoms with Crippen molar-refractivity contribution in [2.75, 3.05) is 27.0 Å². The first kappa shape index (κ1) is 16.7. The van der Waals surface area contributed by atoms with E-state index in [-0.39, 0.29) is 12.7 Å². The molecule has 26 heavy (non-hydrogen) atoms. The number of nitrogens with zero attached hydrogens (tertiary/aromatic N) is 2. The normalized spacial score (nSPS) is 21.7. The zero-order chi connectivity index (χ0) is 18.1. The summed E-state index contributed by atoms with van der Waals surface area (Å²) in [4.78, 5) is 18.0. The van der Waals surface area contributed by atoms with Crippen LogP contribution in [0.15, 0.2) is 36.7 Å². The van der Waals surface area contributed by atoms with E-state index in [1.165, 1.54) is 0 Å². The maximum absolute atomic E-state index is 11.8. The van der Waals surface area contributed by atoms with Crippen molar-refractivity contribution in [2.24, 2.45) is 5.92 Å². The number of aromatic nitrogens is 1. The van der Waals surface area contributed by atoms with Crippen molar-refractivity contribution in [2.45, 2.75) is 12.5 Å². The van der Waals surface area contributed by atoms with Gasteiger partial charge in [-0.25, -0.2) is 0 Å². The average molecular weight is 356 g/mol. The van der Waals surface area contributed by atoms with E-state index in [4.69, 9.17) is 14.2 Å². The molecule has 1 saturated heterocycles. The molecule has 2 aliphatic heterocycles. The molecule has 7 heteroatoms. The number of methoxy groups -OCH3 is 1. The molecule has 0 amide bonds. The number of carbonyl (C=O) groups is 1. The van der Waals surface area contributed by atoms with Crippen LogP contribution in [0.5, 0.6) is 17.2 Å². The molecule has 4 rings (SSSR count). The largest absolute Gasteiger partial charge is 0.496 e. The Bertz CT molecular complexity index is 811. The molecule has 0 bridgehead atoms. The highest BCUT2D eigenvalue weighted by atomic mass is 16.7. The van der Waals surface area contributed by atoms with E-state index in [1.807, 2.05) is 24.3 Å². The Labute approximate surface area is 151 Å². The summed E-state index contributed by atoms with van der Waals surface area (Å²) >= 11 is 0. The molecular formula is C19H20N2O5. The zero-order valence-corrected chi connectivity index (χ0v) is 14.4. The Morgan fingerprint density at radius 2 is 2.15 bits per heavy atom. The fourth-order valence-electron chi connectivity index (χ4n) is 3.72. The van der Waals surface area contributed by atoms with Gasteiger partial charge in [-0.05, 0) is 17.7 Å². The SMILES string of the molecule is COc1cc2c(cc1CN1C[C@H](C(=O)O)[C@@H](c3cccnc3)C1)OCO2. The monoisotopic (exact) mass is 356 g/mol. The fraction of sp³-hybridized carbons (Fsp3) is 0.368. The van der Waals surface area contributed by atoms with Gasteiger partial charge in [0.1, 0.15) is 5.75 Å². The molecule has 0 spiro atoms. The van der Waals surface area contributed by atoms with E-state index in [0.29, 0.717) is 36.9 Å². The third-order valence-corrected chi connectivity index (χ3v) is 4.99. The second-order valence-corrected chi connectivity index (χ2v) is 6.55. The summed E-state index contributed by atoms with van der Waals surface area (Å²) in [5.74, 6) is 0.757. The van der Waals surface area contributed by atoms with E-state index >= 15 is 0 Å². The van der Waals surface area contributed by atoms with Crippen molar-refractivity contribution in [3.8, 4) is 17.2 Å². The lowest BCUT2D eigenvalue weighted by atomic mass is 9.90. The number of carboxylic acid groups (broad SMARTS) is 1. The van der Waals surface area contributed by atoms with Gasteiger partial charge in [0.2, 0.25) is 6.79 Å². The summed E-state index contributed by atoms with van der Waals surface area (Å²) in [5, 5.41) is 9.65. The van der Waals surface area contributed by atoms with Gasteiger partial charge in [0.15, 0.2) is 11.5 Å². The first-order chi connectivity index (χ1) is 12.7. The summed E-state index contributed by atoms with van der Waals surface area (Å²) in [5.41, 5.74) is 1.91. The molecule has 0 radical (unpaired) electrons. The van der Waals surface area contributed by atoms with Crippen molar-refractivity contribution in [3.63, 3.8) is 0 Å². The summed E-state index contributed by atoms with van der Waals surface area (Å²) < 4.78 is 16.3. The van der Waals surface area contributed by atoms with Crippen molar-refractivity contribution >= 4 is 5.97 Å². The van der Waals surface area contributed by atoms with Crippen LogP contribution in [0.2, 0.25) is 0 Å².